The van der Waals surface area contributed by atoms with Crippen LogP contribution in [0.2, 0.25) is 5.02 Å². The highest BCUT2D eigenvalue weighted by atomic mass is 35.5. The maximum Gasteiger partial charge on any atom is 0.261 e. The van der Waals surface area contributed by atoms with Crippen molar-refractivity contribution in [2.24, 2.45) is 0 Å². The van der Waals surface area contributed by atoms with Gasteiger partial charge in [-0.1, -0.05) is 23.3 Å². The van der Waals surface area contributed by atoms with E-state index in [0.717, 1.165) is 31.9 Å². The Labute approximate surface area is 193 Å². The zero-order valence-corrected chi connectivity index (χ0v) is 20.0. The van der Waals surface area contributed by atoms with Crippen LogP contribution in [0.1, 0.15) is 42.5 Å². The Balaban J connectivity index is 1.71. The average molecular weight is 497 g/mol. The molecule has 7 nitrogen and oxygen atoms in total. The Bertz CT molecular complexity index is 1240. The minimum atomic E-state index is -4.02. The quantitative estimate of drug-likeness (QED) is 0.533. The lowest BCUT2D eigenvalue weighted by molar-refractivity contribution is 0.0954. The standard InChI is InChI=1S/C22H25ClN2O5S2/c1-31(27,28)18-9-7-17(8-10-18)25-32(29,30)19-11-12-21(23)20(15-19)22(26)24-14-13-16-5-3-2-4-6-16/h5,7-12,15,25H,2-4,6,13-14H2,1H3,(H,24,26). The molecule has 2 aromatic carbocycles. The van der Waals surface area contributed by atoms with Gasteiger partial charge in [-0.2, -0.15) is 0 Å². The van der Waals surface area contributed by atoms with E-state index in [1.54, 1.807) is 0 Å². The summed E-state index contributed by atoms with van der Waals surface area (Å²) in [7, 11) is -7.41. The van der Waals surface area contributed by atoms with Crippen molar-refractivity contribution in [1.29, 1.82) is 0 Å². The normalized spacial score (nSPS) is 14.5. The highest BCUT2D eigenvalue weighted by Crippen LogP contribution is 2.24. The summed E-state index contributed by atoms with van der Waals surface area (Å²) in [6, 6.07) is 9.24. The minimum Gasteiger partial charge on any atom is -0.352 e. The maximum atomic E-state index is 12.8. The lowest BCUT2D eigenvalue weighted by Crippen LogP contribution is -2.25. The van der Waals surface area contributed by atoms with Crippen LogP contribution in [0.25, 0.3) is 0 Å². The summed E-state index contributed by atoms with van der Waals surface area (Å²) in [6.45, 7) is 0.447. The van der Waals surface area contributed by atoms with E-state index in [-0.39, 0.29) is 26.1 Å². The largest absolute Gasteiger partial charge is 0.352 e. The van der Waals surface area contributed by atoms with Crippen molar-refractivity contribution >= 4 is 43.1 Å². The van der Waals surface area contributed by atoms with Gasteiger partial charge in [0.15, 0.2) is 9.84 Å². The molecule has 1 aliphatic carbocycles. The topological polar surface area (TPSA) is 109 Å². The molecular formula is C22H25ClN2O5S2. The third-order valence-electron chi connectivity index (χ3n) is 5.14. The highest BCUT2D eigenvalue weighted by Gasteiger charge is 2.19. The van der Waals surface area contributed by atoms with Crippen molar-refractivity contribution in [1.82, 2.24) is 5.32 Å². The third-order valence-corrected chi connectivity index (χ3v) is 7.98. The first-order chi connectivity index (χ1) is 15.1. The van der Waals surface area contributed by atoms with E-state index in [4.69, 9.17) is 11.6 Å². The van der Waals surface area contributed by atoms with Crippen LogP contribution in [0.15, 0.2) is 63.9 Å². The Morgan fingerprint density at radius 1 is 1.00 bits per heavy atom. The number of anilines is 1. The van der Waals surface area contributed by atoms with Gasteiger partial charge in [0, 0.05) is 18.5 Å². The molecule has 0 spiro atoms. The number of sulfonamides is 1. The first-order valence-electron chi connectivity index (χ1n) is 10.1. The van der Waals surface area contributed by atoms with Crippen molar-refractivity contribution in [3.8, 4) is 0 Å². The van der Waals surface area contributed by atoms with E-state index in [0.29, 0.717) is 6.54 Å². The van der Waals surface area contributed by atoms with E-state index in [9.17, 15) is 21.6 Å². The monoisotopic (exact) mass is 496 g/mol. The van der Waals surface area contributed by atoms with Gasteiger partial charge in [0.2, 0.25) is 0 Å². The van der Waals surface area contributed by atoms with Gasteiger partial charge >= 0.3 is 0 Å². The molecular weight excluding hydrogens is 472 g/mol. The SMILES string of the molecule is CS(=O)(=O)c1ccc(NS(=O)(=O)c2ccc(Cl)c(C(=O)NCCC3=CCCCC3)c2)cc1. The summed E-state index contributed by atoms with van der Waals surface area (Å²) in [5, 5.41) is 2.95. The number of hydrogen-bond acceptors (Lipinski definition) is 5. The van der Waals surface area contributed by atoms with Crippen molar-refractivity contribution in [3.63, 3.8) is 0 Å². The zero-order chi connectivity index (χ0) is 23.4. The fraction of sp³-hybridized carbons (Fsp3) is 0.318. The molecule has 0 heterocycles. The van der Waals surface area contributed by atoms with E-state index in [2.05, 4.69) is 16.1 Å². The predicted octanol–water partition coefficient (Wildman–Crippen LogP) is 4.16. The van der Waals surface area contributed by atoms with E-state index in [1.807, 2.05) is 0 Å². The number of amides is 1. The van der Waals surface area contributed by atoms with Crippen LogP contribution in [-0.2, 0) is 19.9 Å². The number of sulfone groups is 1. The van der Waals surface area contributed by atoms with Crippen LogP contribution in [0.5, 0.6) is 0 Å². The summed E-state index contributed by atoms with van der Waals surface area (Å²) < 4.78 is 51.1. The minimum absolute atomic E-state index is 0.0691. The summed E-state index contributed by atoms with van der Waals surface area (Å²) in [5.74, 6) is -0.444. The van der Waals surface area contributed by atoms with Crippen molar-refractivity contribution < 1.29 is 21.6 Å². The first-order valence-corrected chi connectivity index (χ1v) is 13.9. The van der Waals surface area contributed by atoms with Gasteiger partial charge in [0.25, 0.3) is 15.9 Å². The third kappa shape index (κ3) is 6.34. The molecule has 0 unspecified atom stereocenters. The molecule has 32 heavy (non-hydrogen) atoms. The molecule has 0 aromatic heterocycles. The molecule has 0 saturated carbocycles. The second kappa shape index (κ2) is 10.1. The zero-order valence-electron chi connectivity index (χ0n) is 17.6. The number of carbonyl (C=O) groups is 1. The number of hydrogen-bond donors (Lipinski definition) is 2. The van der Waals surface area contributed by atoms with E-state index >= 15 is 0 Å². The van der Waals surface area contributed by atoms with Crippen LogP contribution < -0.4 is 10.0 Å². The van der Waals surface area contributed by atoms with Gasteiger partial charge in [-0.05, 0) is 74.6 Å². The van der Waals surface area contributed by atoms with Crippen LogP contribution in [0, 0.1) is 0 Å². The van der Waals surface area contributed by atoms with Crippen molar-refractivity contribution in [2.45, 2.75) is 41.9 Å². The summed E-state index contributed by atoms with van der Waals surface area (Å²) in [6.07, 6.45) is 8.51. The summed E-state index contributed by atoms with van der Waals surface area (Å²) in [5.41, 5.74) is 1.59. The lowest BCUT2D eigenvalue weighted by atomic mass is 9.97. The summed E-state index contributed by atoms with van der Waals surface area (Å²) >= 11 is 6.14. The maximum absolute atomic E-state index is 12.8. The molecule has 0 aliphatic heterocycles. The van der Waals surface area contributed by atoms with Gasteiger partial charge in [0.05, 0.1) is 20.4 Å². The van der Waals surface area contributed by atoms with Crippen LogP contribution >= 0.6 is 11.6 Å². The summed E-state index contributed by atoms with van der Waals surface area (Å²) in [4.78, 5) is 12.5. The van der Waals surface area contributed by atoms with E-state index < -0.39 is 25.8 Å². The molecule has 3 rings (SSSR count). The number of carbonyl (C=O) groups excluding carboxylic acids is 1. The molecule has 2 aromatic rings. The van der Waals surface area contributed by atoms with Gasteiger partial charge in [-0.15, -0.1) is 0 Å². The highest BCUT2D eigenvalue weighted by molar-refractivity contribution is 7.92. The fourth-order valence-electron chi connectivity index (χ4n) is 3.39. The Kier molecular flexibility index (Phi) is 7.63. The molecule has 2 N–H and O–H groups in total. The number of rotatable bonds is 8. The molecule has 1 aliphatic rings. The van der Waals surface area contributed by atoms with Gasteiger partial charge < -0.3 is 5.32 Å². The fourth-order valence-corrected chi connectivity index (χ4v) is 5.31. The van der Waals surface area contributed by atoms with Crippen LogP contribution in [0.3, 0.4) is 0 Å². The second-order valence-electron chi connectivity index (χ2n) is 7.66. The van der Waals surface area contributed by atoms with Gasteiger partial charge in [0.1, 0.15) is 0 Å². The Hall–Kier alpha value is -2.36. The lowest BCUT2D eigenvalue weighted by Gasteiger charge is -2.14. The van der Waals surface area contributed by atoms with Crippen molar-refractivity contribution in [2.75, 3.05) is 17.5 Å². The number of halogens is 1. The van der Waals surface area contributed by atoms with Crippen molar-refractivity contribution in [3.05, 3.63) is 64.7 Å². The van der Waals surface area contributed by atoms with Gasteiger partial charge in [-0.3, -0.25) is 9.52 Å². The molecule has 1 amide bonds. The van der Waals surface area contributed by atoms with Crippen LogP contribution in [-0.4, -0.2) is 35.5 Å². The molecule has 0 saturated heterocycles. The van der Waals surface area contributed by atoms with Gasteiger partial charge in [-0.25, -0.2) is 16.8 Å². The molecule has 172 valence electrons. The van der Waals surface area contributed by atoms with Crippen LogP contribution in [0.4, 0.5) is 5.69 Å². The molecule has 0 fully saturated rings. The van der Waals surface area contributed by atoms with E-state index in [1.165, 1.54) is 54.5 Å². The molecule has 10 heteroatoms. The number of nitrogens with one attached hydrogen (secondary N) is 2. The Morgan fingerprint density at radius 2 is 1.69 bits per heavy atom. The molecule has 0 radical (unpaired) electrons. The number of allylic oxidation sites excluding steroid dienone is 1. The first kappa shape index (κ1) is 24.3. The predicted molar refractivity (Wildman–Crippen MR) is 125 cm³/mol. The average Bonchev–Trinajstić information content (AvgIpc) is 2.74. The Morgan fingerprint density at radius 3 is 2.31 bits per heavy atom. The smallest absolute Gasteiger partial charge is 0.261 e. The number of benzene rings is 2. The molecule has 0 atom stereocenters. The molecule has 0 bridgehead atoms. The second-order valence-corrected chi connectivity index (χ2v) is 11.8.